The molecule has 1 atom stereocenters. The van der Waals surface area contributed by atoms with Crippen molar-refractivity contribution in [2.45, 2.75) is 25.3 Å². The van der Waals surface area contributed by atoms with Crippen molar-refractivity contribution in [1.82, 2.24) is 4.90 Å². The molecule has 82 valence electrons. The second kappa shape index (κ2) is 4.77. The molecule has 0 saturated carbocycles. The molecule has 0 bridgehead atoms. The maximum absolute atomic E-state index is 5.79. The van der Waals surface area contributed by atoms with E-state index < -0.39 is 0 Å². The van der Waals surface area contributed by atoms with E-state index in [-0.39, 0.29) is 6.04 Å². The molecule has 4 heteroatoms. The number of piperidine rings is 1. The highest BCUT2D eigenvalue weighted by Crippen LogP contribution is 2.25. The molecule has 1 aliphatic heterocycles. The highest BCUT2D eigenvalue weighted by molar-refractivity contribution is 7.80. The SMILES string of the molecule is NC(=S)C(c1ccco1)N1CCCCC1. The van der Waals surface area contributed by atoms with Crippen LogP contribution in [0.2, 0.25) is 0 Å². The Kier molecular flexibility index (Phi) is 3.38. The molecule has 1 fully saturated rings. The van der Waals surface area contributed by atoms with E-state index >= 15 is 0 Å². The lowest BCUT2D eigenvalue weighted by molar-refractivity contribution is 0.186. The summed E-state index contributed by atoms with van der Waals surface area (Å²) >= 11 is 5.12. The Morgan fingerprint density at radius 3 is 2.67 bits per heavy atom. The van der Waals surface area contributed by atoms with Gasteiger partial charge in [-0.05, 0) is 38.1 Å². The van der Waals surface area contributed by atoms with E-state index in [4.69, 9.17) is 22.4 Å². The molecule has 15 heavy (non-hydrogen) atoms. The van der Waals surface area contributed by atoms with Gasteiger partial charge < -0.3 is 10.2 Å². The van der Waals surface area contributed by atoms with Gasteiger partial charge in [-0.3, -0.25) is 4.90 Å². The van der Waals surface area contributed by atoms with Crippen LogP contribution in [-0.4, -0.2) is 23.0 Å². The number of furan rings is 1. The van der Waals surface area contributed by atoms with Gasteiger partial charge in [0, 0.05) is 0 Å². The van der Waals surface area contributed by atoms with Gasteiger partial charge in [0.05, 0.1) is 11.3 Å². The maximum Gasteiger partial charge on any atom is 0.127 e. The molecule has 2 rings (SSSR count). The average molecular weight is 224 g/mol. The van der Waals surface area contributed by atoms with Crippen molar-refractivity contribution in [3.8, 4) is 0 Å². The first-order valence-electron chi connectivity index (χ1n) is 5.36. The van der Waals surface area contributed by atoms with Crippen LogP contribution in [0.3, 0.4) is 0 Å². The molecule has 0 amide bonds. The Morgan fingerprint density at radius 2 is 2.13 bits per heavy atom. The van der Waals surface area contributed by atoms with Gasteiger partial charge in [0.25, 0.3) is 0 Å². The van der Waals surface area contributed by atoms with Gasteiger partial charge in [0.1, 0.15) is 11.8 Å². The molecular weight excluding hydrogens is 208 g/mol. The topological polar surface area (TPSA) is 42.4 Å². The van der Waals surface area contributed by atoms with Crippen LogP contribution < -0.4 is 5.73 Å². The minimum atomic E-state index is -0.0182. The smallest absolute Gasteiger partial charge is 0.127 e. The van der Waals surface area contributed by atoms with Crippen molar-refractivity contribution >= 4 is 17.2 Å². The Balaban J connectivity index is 2.15. The molecule has 3 nitrogen and oxygen atoms in total. The van der Waals surface area contributed by atoms with Gasteiger partial charge >= 0.3 is 0 Å². The third-order valence-corrected chi connectivity index (χ3v) is 3.06. The van der Waals surface area contributed by atoms with Crippen molar-refractivity contribution in [3.63, 3.8) is 0 Å². The van der Waals surface area contributed by atoms with Crippen LogP contribution in [0, 0.1) is 0 Å². The lowest BCUT2D eigenvalue weighted by atomic mass is 10.1. The van der Waals surface area contributed by atoms with Gasteiger partial charge in [-0.1, -0.05) is 18.6 Å². The molecule has 0 aliphatic carbocycles. The first-order valence-corrected chi connectivity index (χ1v) is 5.76. The summed E-state index contributed by atoms with van der Waals surface area (Å²) in [6, 6.07) is 3.80. The summed E-state index contributed by atoms with van der Waals surface area (Å²) in [5, 5.41) is 0. The van der Waals surface area contributed by atoms with Crippen molar-refractivity contribution in [3.05, 3.63) is 24.2 Å². The predicted octanol–water partition coefficient (Wildman–Crippen LogP) is 2.09. The van der Waals surface area contributed by atoms with Crippen LogP contribution >= 0.6 is 12.2 Å². The van der Waals surface area contributed by atoms with Gasteiger partial charge in [0.15, 0.2) is 0 Å². The van der Waals surface area contributed by atoms with Crippen molar-refractivity contribution in [2.75, 3.05) is 13.1 Å². The fourth-order valence-electron chi connectivity index (χ4n) is 2.12. The summed E-state index contributed by atoms with van der Waals surface area (Å²) < 4.78 is 5.40. The standard InChI is InChI=1S/C11H16N2OS/c12-11(15)10(9-5-4-8-14-9)13-6-2-1-3-7-13/h4-5,8,10H,1-3,6-7H2,(H2,12,15). The Hall–Kier alpha value is -0.870. The molecule has 0 spiro atoms. The number of hydrogen-bond donors (Lipinski definition) is 1. The fourth-order valence-corrected chi connectivity index (χ4v) is 2.39. The number of hydrogen-bond acceptors (Lipinski definition) is 3. The lowest BCUT2D eigenvalue weighted by Crippen LogP contribution is -2.39. The normalized spacial score (nSPS) is 20.0. The van der Waals surface area contributed by atoms with E-state index in [1.54, 1.807) is 6.26 Å². The van der Waals surface area contributed by atoms with E-state index in [2.05, 4.69) is 4.90 Å². The van der Waals surface area contributed by atoms with E-state index in [9.17, 15) is 0 Å². The number of nitrogens with two attached hydrogens (primary N) is 1. The molecule has 1 aromatic heterocycles. The number of nitrogens with zero attached hydrogens (tertiary/aromatic N) is 1. The number of thiocarbonyl (C=S) groups is 1. The van der Waals surface area contributed by atoms with Crippen LogP contribution in [0.5, 0.6) is 0 Å². The van der Waals surface area contributed by atoms with Crippen LogP contribution in [-0.2, 0) is 0 Å². The van der Waals surface area contributed by atoms with Gasteiger partial charge in [-0.2, -0.15) is 0 Å². The highest BCUT2D eigenvalue weighted by Gasteiger charge is 2.26. The molecule has 0 aromatic carbocycles. The Bertz CT molecular complexity index is 317. The first kappa shape index (κ1) is 10.6. The predicted molar refractivity (Wildman–Crippen MR) is 63.7 cm³/mol. The summed E-state index contributed by atoms with van der Waals surface area (Å²) in [5.74, 6) is 0.865. The monoisotopic (exact) mass is 224 g/mol. The summed E-state index contributed by atoms with van der Waals surface area (Å²) in [5.41, 5.74) is 5.79. The van der Waals surface area contributed by atoms with E-state index in [0.717, 1.165) is 18.8 Å². The van der Waals surface area contributed by atoms with E-state index in [1.165, 1.54) is 19.3 Å². The second-order valence-electron chi connectivity index (χ2n) is 3.92. The van der Waals surface area contributed by atoms with Crippen molar-refractivity contribution < 1.29 is 4.42 Å². The Labute approximate surface area is 95.2 Å². The Morgan fingerprint density at radius 1 is 1.40 bits per heavy atom. The third kappa shape index (κ3) is 2.38. The molecule has 1 aromatic rings. The molecule has 1 saturated heterocycles. The number of likely N-dealkylation sites (tertiary alicyclic amines) is 1. The number of rotatable bonds is 3. The molecule has 0 radical (unpaired) electrons. The summed E-state index contributed by atoms with van der Waals surface area (Å²) in [6.45, 7) is 2.12. The van der Waals surface area contributed by atoms with Gasteiger partial charge in [0.2, 0.25) is 0 Å². The van der Waals surface area contributed by atoms with Crippen molar-refractivity contribution in [1.29, 1.82) is 0 Å². The summed E-state index contributed by atoms with van der Waals surface area (Å²) in [6.07, 6.45) is 5.42. The zero-order valence-corrected chi connectivity index (χ0v) is 9.50. The minimum absolute atomic E-state index is 0.0182. The van der Waals surface area contributed by atoms with E-state index in [0.29, 0.717) is 4.99 Å². The van der Waals surface area contributed by atoms with Crippen LogP contribution in [0.15, 0.2) is 22.8 Å². The average Bonchev–Trinajstić information content (AvgIpc) is 2.72. The largest absolute Gasteiger partial charge is 0.467 e. The van der Waals surface area contributed by atoms with Gasteiger partial charge in [-0.25, -0.2) is 0 Å². The summed E-state index contributed by atoms with van der Waals surface area (Å²) in [4.78, 5) is 2.82. The van der Waals surface area contributed by atoms with Crippen LogP contribution in [0.4, 0.5) is 0 Å². The van der Waals surface area contributed by atoms with Crippen LogP contribution in [0.1, 0.15) is 31.1 Å². The summed E-state index contributed by atoms with van der Waals surface area (Å²) in [7, 11) is 0. The second-order valence-corrected chi connectivity index (χ2v) is 4.39. The zero-order chi connectivity index (χ0) is 10.7. The molecular formula is C11H16N2OS. The molecule has 1 unspecified atom stereocenters. The van der Waals surface area contributed by atoms with E-state index in [1.807, 2.05) is 12.1 Å². The zero-order valence-electron chi connectivity index (χ0n) is 8.69. The van der Waals surface area contributed by atoms with Crippen LogP contribution in [0.25, 0.3) is 0 Å². The highest BCUT2D eigenvalue weighted by atomic mass is 32.1. The maximum atomic E-state index is 5.79. The lowest BCUT2D eigenvalue weighted by Gasteiger charge is -2.32. The molecule has 1 aliphatic rings. The van der Waals surface area contributed by atoms with Gasteiger partial charge in [-0.15, -0.1) is 0 Å². The third-order valence-electron chi connectivity index (χ3n) is 2.84. The first-order chi connectivity index (χ1) is 7.29. The van der Waals surface area contributed by atoms with Crippen molar-refractivity contribution in [2.24, 2.45) is 5.73 Å². The fraction of sp³-hybridized carbons (Fsp3) is 0.545. The molecule has 2 heterocycles. The quantitative estimate of drug-likeness (QED) is 0.798. The minimum Gasteiger partial charge on any atom is -0.467 e. The molecule has 2 N–H and O–H groups in total.